The topological polar surface area (TPSA) is 41.5 Å². The van der Waals surface area contributed by atoms with Crippen molar-refractivity contribution in [2.24, 2.45) is 4.36 Å². The Balaban J connectivity index is 2.58. The van der Waals surface area contributed by atoms with Gasteiger partial charge in [0.25, 0.3) is 0 Å². The Morgan fingerprint density at radius 2 is 2.10 bits per heavy atom. The largest absolute Gasteiger partial charge is 0.301 e. The van der Waals surface area contributed by atoms with Crippen LogP contribution in [0.3, 0.4) is 0 Å². The molecule has 0 unspecified atom stereocenters. The van der Waals surface area contributed by atoms with Gasteiger partial charge in [0.2, 0.25) is 0 Å². The van der Waals surface area contributed by atoms with Crippen molar-refractivity contribution in [3.63, 3.8) is 0 Å². The average Bonchev–Trinajstić information content (AvgIpc) is 2.33. The van der Waals surface area contributed by atoms with Gasteiger partial charge in [-0.3, -0.25) is 0 Å². The zero-order valence-corrected chi connectivity index (χ0v) is 7.12. The van der Waals surface area contributed by atoms with E-state index in [4.69, 9.17) is 0 Å². The monoisotopic (exact) mass is 162 g/mol. The Hall–Kier alpha value is -0.0900. The fraction of sp³-hybridized carbons (Fsp3) is 1.00. The summed E-state index contributed by atoms with van der Waals surface area (Å²) in [5.74, 6) is 1.63. The van der Waals surface area contributed by atoms with Gasteiger partial charge in [-0.2, -0.15) is 0 Å². The first kappa shape index (κ1) is 8.01. The van der Waals surface area contributed by atoms with E-state index in [1.165, 1.54) is 0 Å². The molecule has 0 saturated carbocycles. The maximum Gasteiger partial charge on any atom is 0.0977 e. The van der Waals surface area contributed by atoms with Gasteiger partial charge in [0, 0.05) is 21.2 Å². The molecule has 0 aromatic heterocycles. The van der Waals surface area contributed by atoms with E-state index >= 15 is 0 Å². The highest BCUT2D eigenvalue weighted by atomic mass is 32.2. The Morgan fingerprint density at radius 1 is 1.50 bits per heavy atom. The molecule has 1 heterocycles. The molecule has 0 atom stereocenters. The lowest BCUT2D eigenvalue weighted by molar-refractivity contribution is 0.676. The van der Waals surface area contributed by atoms with Crippen molar-refractivity contribution >= 4 is 9.73 Å². The summed E-state index contributed by atoms with van der Waals surface area (Å²) < 4.78 is 15.6. The number of nitrogens with zero attached hydrogens (tertiary/aromatic N) is 1. The van der Waals surface area contributed by atoms with Crippen LogP contribution in [0, 0.1) is 0 Å². The van der Waals surface area contributed by atoms with Crippen LogP contribution in [-0.2, 0) is 9.73 Å². The van der Waals surface area contributed by atoms with Crippen molar-refractivity contribution < 1.29 is 4.21 Å². The lowest BCUT2D eigenvalue weighted by Crippen LogP contribution is -2.10. The Bertz CT molecular complexity index is 194. The molecule has 0 radical (unpaired) electrons. The van der Waals surface area contributed by atoms with Crippen molar-refractivity contribution in [3.8, 4) is 0 Å². The summed E-state index contributed by atoms with van der Waals surface area (Å²) in [7, 11) is 0.0673. The molecule has 4 heteroatoms. The smallest absolute Gasteiger partial charge is 0.0977 e. The van der Waals surface area contributed by atoms with Crippen LogP contribution in [-0.4, -0.2) is 29.4 Å². The maximum absolute atomic E-state index is 11.5. The van der Waals surface area contributed by atoms with E-state index in [1.807, 2.05) is 7.05 Å². The van der Waals surface area contributed by atoms with Crippen LogP contribution in [0.15, 0.2) is 4.36 Å². The van der Waals surface area contributed by atoms with Crippen LogP contribution >= 0.6 is 0 Å². The van der Waals surface area contributed by atoms with E-state index in [-0.39, 0.29) is 0 Å². The SMILES string of the molecule is CNCN=S1(=O)CCCC1. The molecular formula is C6H14N2OS. The number of nitrogens with one attached hydrogen (secondary N) is 1. The molecule has 1 rings (SSSR count). The van der Waals surface area contributed by atoms with Crippen molar-refractivity contribution in [1.82, 2.24) is 5.32 Å². The van der Waals surface area contributed by atoms with Crippen LogP contribution < -0.4 is 5.32 Å². The lowest BCUT2D eigenvalue weighted by atomic mass is 10.4. The van der Waals surface area contributed by atoms with E-state index in [0.717, 1.165) is 24.3 Å². The number of rotatable bonds is 2. The minimum absolute atomic E-state index is 0.541. The van der Waals surface area contributed by atoms with Gasteiger partial charge in [0.15, 0.2) is 0 Å². The molecule has 0 bridgehead atoms. The summed E-state index contributed by atoms with van der Waals surface area (Å²) in [6, 6.07) is 0. The average molecular weight is 162 g/mol. The van der Waals surface area contributed by atoms with Crippen molar-refractivity contribution in [1.29, 1.82) is 0 Å². The van der Waals surface area contributed by atoms with Crippen LogP contribution in [0.5, 0.6) is 0 Å². The molecular weight excluding hydrogens is 148 g/mol. The quantitative estimate of drug-likeness (QED) is 0.639. The molecule has 0 amide bonds. The second kappa shape index (κ2) is 3.34. The van der Waals surface area contributed by atoms with Gasteiger partial charge in [0.1, 0.15) is 0 Å². The minimum atomic E-state index is -1.75. The standard InChI is InChI=1S/C6H14N2OS/c1-7-6-8-10(9)4-2-3-5-10/h7H,2-6H2,1H3. The van der Waals surface area contributed by atoms with Gasteiger partial charge in [-0.05, 0) is 19.9 Å². The lowest BCUT2D eigenvalue weighted by Gasteiger charge is -1.98. The molecule has 0 spiro atoms. The third kappa shape index (κ3) is 1.95. The second-order valence-electron chi connectivity index (χ2n) is 2.53. The van der Waals surface area contributed by atoms with Gasteiger partial charge < -0.3 is 5.32 Å². The third-order valence-corrected chi connectivity index (χ3v) is 4.09. The van der Waals surface area contributed by atoms with Crippen molar-refractivity contribution in [2.45, 2.75) is 12.8 Å². The van der Waals surface area contributed by atoms with Crippen LogP contribution in [0.2, 0.25) is 0 Å². The Morgan fingerprint density at radius 3 is 2.60 bits per heavy atom. The van der Waals surface area contributed by atoms with Gasteiger partial charge in [-0.1, -0.05) is 0 Å². The van der Waals surface area contributed by atoms with Crippen molar-refractivity contribution in [3.05, 3.63) is 0 Å². The van der Waals surface area contributed by atoms with Crippen LogP contribution in [0.4, 0.5) is 0 Å². The molecule has 0 aliphatic carbocycles. The molecule has 1 N–H and O–H groups in total. The molecule has 1 aliphatic heterocycles. The van der Waals surface area contributed by atoms with E-state index in [2.05, 4.69) is 9.68 Å². The minimum Gasteiger partial charge on any atom is -0.301 e. The molecule has 0 aromatic rings. The first-order chi connectivity index (χ1) is 4.77. The highest BCUT2D eigenvalue weighted by Gasteiger charge is 2.14. The number of hydrogen-bond donors (Lipinski definition) is 1. The summed E-state index contributed by atoms with van der Waals surface area (Å²) >= 11 is 0. The summed E-state index contributed by atoms with van der Waals surface area (Å²) in [5, 5.41) is 2.87. The Labute approximate surface area is 62.4 Å². The first-order valence-corrected chi connectivity index (χ1v) is 5.45. The fourth-order valence-corrected chi connectivity index (χ4v) is 3.21. The predicted molar refractivity (Wildman–Crippen MR) is 43.5 cm³/mol. The highest BCUT2D eigenvalue weighted by molar-refractivity contribution is 7.93. The van der Waals surface area contributed by atoms with Gasteiger partial charge >= 0.3 is 0 Å². The number of hydrogen-bond acceptors (Lipinski definition) is 3. The van der Waals surface area contributed by atoms with E-state index in [1.54, 1.807) is 0 Å². The van der Waals surface area contributed by atoms with Crippen LogP contribution in [0.1, 0.15) is 12.8 Å². The summed E-state index contributed by atoms with van der Waals surface area (Å²) in [5.41, 5.74) is 0. The fourth-order valence-electron chi connectivity index (χ4n) is 1.07. The summed E-state index contributed by atoms with van der Waals surface area (Å²) in [6.07, 6.45) is 2.18. The Kier molecular flexibility index (Phi) is 2.68. The van der Waals surface area contributed by atoms with Gasteiger partial charge in [-0.15, -0.1) is 0 Å². The first-order valence-electron chi connectivity index (χ1n) is 3.60. The molecule has 60 valence electrons. The highest BCUT2D eigenvalue weighted by Crippen LogP contribution is 2.12. The zero-order valence-electron chi connectivity index (χ0n) is 6.30. The van der Waals surface area contributed by atoms with E-state index < -0.39 is 9.73 Å². The van der Waals surface area contributed by atoms with Crippen molar-refractivity contribution in [2.75, 3.05) is 25.2 Å². The van der Waals surface area contributed by atoms with Crippen LogP contribution in [0.25, 0.3) is 0 Å². The second-order valence-corrected chi connectivity index (χ2v) is 5.15. The van der Waals surface area contributed by atoms with E-state index in [9.17, 15) is 4.21 Å². The predicted octanol–water partition coefficient (Wildman–Crippen LogP) is 0.425. The molecule has 10 heavy (non-hydrogen) atoms. The zero-order chi connectivity index (χ0) is 7.45. The van der Waals surface area contributed by atoms with E-state index in [0.29, 0.717) is 6.67 Å². The normalized spacial score (nSPS) is 22.9. The summed E-state index contributed by atoms with van der Waals surface area (Å²) in [6.45, 7) is 0.541. The molecule has 3 nitrogen and oxygen atoms in total. The summed E-state index contributed by atoms with van der Waals surface area (Å²) in [4.78, 5) is 0. The molecule has 1 saturated heterocycles. The molecule has 1 aliphatic rings. The molecule has 1 fully saturated rings. The van der Waals surface area contributed by atoms with Gasteiger partial charge in [0.05, 0.1) is 6.67 Å². The molecule has 0 aromatic carbocycles. The van der Waals surface area contributed by atoms with Gasteiger partial charge in [-0.25, -0.2) is 8.57 Å². The third-order valence-electron chi connectivity index (χ3n) is 1.63. The maximum atomic E-state index is 11.5.